The molecule has 1 unspecified atom stereocenters. The van der Waals surface area contributed by atoms with Crippen molar-refractivity contribution in [2.45, 2.75) is 31.7 Å². The number of aromatic amines is 1. The molecular weight excluding hydrogens is 420 g/mol. The molecular formula is C26H26N2O5. The van der Waals surface area contributed by atoms with Gasteiger partial charge in [0.1, 0.15) is 17.1 Å². The zero-order chi connectivity index (χ0) is 23.4. The third-order valence-electron chi connectivity index (χ3n) is 5.92. The maximum Gasteiger partial charge on any atom is 0.261 e. The summed E-state index contributed by atoms with van der Waals surface area (Å²) >= 11 is 0. The lowest BCUT2D eigenvalue weighted by Crippen LogP contribution is -2.35. The van der Waals surface area contributed by atoms with E-state index >= 15 is 0 Å². The van der Waals surface area contributed by atoms with Crippen LogP contribution in [0.5, 0.6) is 11.5 Å². The number of fused-ring (bicyclic) bond motifs is 1. The molecule has 4 rings (SSSR count). The van der Waals surface area contributed by atoms with Crippen molar-refractivity contribution < 1.29 is 19.1 Å². The molecule has 7 heteroatoms. The van der Waals surface area contributed by atoms with Crippen LogP contribution in [0.2, 0.25) is 0 Å². The Labute approximate surface area is 191 Å². The fraction of sp³-hybridized carbons (Fsp3) is 0.269. The molecule has 0 spiro atoms. The zero-order valence-electron chi connectivity index (χ0n) is 18.6. The maximum absolute atomic E-state index is 13.2. The molecule has 0 fully saturated rings. The number of aromatic nitrogens is 1. The van der Waals surface area contributed by atoms with Gasteiger partial charge in [0.15, 0.2) is 5.78 Å². The highest BCUT2D eigenvalue weighted by molar-refractivity contribution is 6.01. The Balaban J connectivity index is 1.63. The summed E-state index contributed by atoms with van der Waals surface area (Å²) in [7, 11) is 3.20. The predicted molar refractivity (Wildman–Crippen MR) is 124 cm³/mol. The minimum atomic E-state index is -0.522. The van der Waals surface area contributed by atoms with Gasteiger partial charge in [0.2, 0.25) is 0 Å². The fourth-order valence-corrected chi connectivity index (χ4v) is 4.07. The zero-order valence-corrected chi connectivity index (χ0v) is 18.6. The highest BCUT2D eigenvalue weighted by Crippen LogP contribution is 2.24. The number of H-pyrrole nitrogens is 1. The van der Waals surface area contributed by atoms with Crippen LogP contribution >= 0.6 is 0 Å². The molecule has 170 valence electrons. The monoisotopic (exact) mass is 446 g/mol. The average Bonchev–Trinajstić information content (AvgIpc) is 2.84. The van der Waals surface area contributed by atoms with E-state index in [0.29, 0.717) is 42.7 Å². The van der Waals surface area contributed by atoms with Crippen molar-refractivity contribution in [2.75, 3.05) is 14.2 Å². The summed E-state index contributed by atoms with van der Waals surface area (Å²) in [4.78, 5) is 40.8. The number of Topliss-reactive ketones (excluding diaryl/α,β-unsaturated/α-hetero) is 1. The molecule has 0 bridgehead atoms. The number of rotatable bonds is 7. The quantitative estimate of drug-likeness (QED) is 0.578. The smallest absolute Gasteiger partial charge is 0.261 e. The van der Waals surface area contributed by atoms with Crippen molar-refractivity contribution in [3.8, 4) is 11.5 Å². The van der Waals surface area contributed by atoms with Crippen LogP contribution in [0.4, 0.5) is 0 Å². The van der Waals surface area contributed by atoms with Crippen LogP contribution < -0.4 is 20.3 Å². The van der Waals surface area contributed by atoms with Crippen LogP contribution in [0.15, 0.2) is 59.4 Å². The number of amides is 1. The molecule has 1 amide bonds. The van der Waals surface area contributed by atoms with Gasteiger partial charge in [0.05, 0.1) is 20.3 Å². The Morgan fingerprint density at radius 2 is 1.61 bits per heavy atom. The Morgan fingerprint density at radius 1 is 0.970 bits per heavy atom. The average molecular weight is 447 g/mol. The molecule has 0 radical (unpaired) electrons. The van der Waals surface area contributed by atoms with Crippen LogP contribution in [-0.2, 0) is 12.8 Å². The van der Waals surface area contributed by atoms with E-state index in [9.17, 15) is 14.4 Å². The standard InChI is InChI=1S/C26H26N2O5/c1-32-18-10-6-16(7-11-18)14-23(17-8-12-19(33-2)13-9-17)28-26(31)21-15-20-22(27-25(21)30)4-3-5-24(20)29/h6-13,15,23H,3-5,14H2,1-2H3,(H,27,30)(H,28,31). The molecule has 1 heterocycles. The number of aryl methyl sites for hydroxylation is 1. The third-order valence-corrected chi connectivity index (χ3v) is 5.92. The highest BCUT2D eigenvalue weighted by atomic mass is 16.5. The molecule has 2 N–H and O–H groups in total. The summed E-state index contributed by atoms with van der Waals surface area (Å²) in [5.41, 5.74) is 2.35. The summed E-state index contributed by atoms with van der Waals surface area (Å²) in [6, 6.07) is 16.1. The Kier molecular flexibility index (Phi) is 6.58. The SMILES string of the molecule is COc1ccc(CC(NC(=O)c2cc3c([nH]c2=O)CCCC3=O)c2ccc(OC)cc2)cc1. The number of hydrogen-bond acceptors (Lipinski definition) is 5. The summed E-state index contributed by atoms with van der Waals surface area (Å²) in [6.45, 7) is 0. The molecule has 0 saturated heterocycles. The van der Waals surface area contributed by atoms with E-state index in [-0.39, 0.29) is 11.3 Å². The van der Waals surface area contributed by atoms with Gasteiger partial charge in [-0.25, -0.2) is 0 Å². The molecule has 2 aromatic carbocycles. The molecule has 7 nitrogen and oxygen atoms in total. The van der Waals surface area contributed by atoms with E-state index in [2.05, 4.69) is 10.3 Å². The molecule has 1 aromatic heterocycles. The summed E-state index contributed by atoms with van der Waals surface area (Å²) in [5.74, 6) is 0.880. The number of hydrogen-bond donors (Lipinski definition) is 2. The van der Waals surface area contributed by atoms with Gasteiger partial charge in [-0.1, -0.05) is 24.3 Å². The largest absolute Gasteiger partial charge is 0.497 e. The van der Waals surface area contributed by atoms with E-state index in [0.717, 1.165) is 16.9 Å². The second kappa shape index (κ2) is 9.73. The molecule has 1 aliphatic carbocycles. The second-order valence-electron chi connectivity index (χ2n) is 8.03. The normalized spacial score (nSPS) is 13.7. The topological polar surface area (TPSA) is 97.5 Å². The lowest BCUT2D eigenvalue weighted by Gasteiger charge is -2.21. The van der Waals surface area contributed by atoms with Gasteiger partial charge in [-0.2, -0.15) is 0 Å². The van der Waals surface area contributed by atoms with Crippen molar-refractivity contribution in [1.82, 2.24) is 10.3 Å². The summed E-state index contributed by atoms with van der Waals surface area (Å²) < 4.78 is 10.5. The van der Waals surface area contributed by atoms with E-state index in [1.54, 1.807) is 14.2 Å². The first-order valence-electron chi connectivity index (χ1n) is 10.9. The molecule has 1 atom stereocenters. The van der Waals surface area contributed by atoms with Gasteiger partial charge in [0.25, 0.3) is 11.5 Å². The van der Waals surface area contributed by atoms with Crippen molar-refractivity contribution in [3.05, 3.63) is 92.9 Å². The van der Waals surface area contributed by atoms with Crippen LogP contribution in [-0.4, -0.2) is 30.9 Å². The minimum Gasteiger partial charge on any atom is -0.497 e. The number of carbonyl (C=O) groups excluding carboxylic acids is 2. The van der Waals surface area contributed by atoms with Crippen molar-refractivity contribution in [2.24, 2.45) is 0 Å². The van der Waals surface area contributed by atoms with E-state index in [1.807, 2.05) is 48.5 Å². The molecule has 0 saturated carbocycles. The van der Waals surface area contributed by atoms with Gasteiger partial charge in [0, 0.05) is 17.7 Å². The van der Waals surface area contributed by atoms with Crippen molar-refractivity contribution in [1.29, 1.82) is 0 Å². The van der Waals surface area contributed by atoms with Crippen molar-refractivity contribution in [3.63, 3.8) is 0 Å². The number of nitrogens with one attached hydrogen (secondary N) is 2. The van der Waals surface area contributed by atoms with E-state index in [4.69, 9.17) is 9.47 Å². The molecule has 1 aliphatic rings. The number of methoxy groups -OCH3 is 2. The van der Waals surface area contributed by atoms with Crippen LogP contribution in [0, 0.1) is 0 Å². The number of benzene rings is 2. The third kappa shape index (κ3) is 4.98. The van der Waals surface area contributed by atoms with Crippen LogP contribution in [0.3, 0.4) is 0 Å². The Hall–Kier alpha value is -3.87. The van der Waals surface area contributed by atoms with Crippen LogP contribution in [0.25, 0.3) is 0 Å². The first kappa shape index (κ1) is 22.3. The number of ketones is 1. The molecule has 0 aliphatic heterocycles. The molecule has 3 aromatic rings. The second-order valence-corrected chi connectivity index (χ2v) is 8.03. The number of pyridine rings is 1. The molecule has 33 heavy (non-hydrogen) atoms. The van der Waals surface area contributed by atoms with Gasteiger partial charge >= 0.3 is 0 Å². The van der Waals surface area contributed by atoms with Crippen molar-refractivity contribution >= 4 is 11.7 Å². The van der Waals surface area contributed by atoms with Gasteiger partial charge in [-0.3, -0.25) is 14.4 Å². The predicted octanol–water partition coefficient (Wildman–Crippen LogP) is 3.62. The van der Waals surface area contributed by atoms with Gasteiger partial charge in [-0.05, 0) is 60.7 Å². The Morgan fingerprint density at radius 3 is 2.24 bits per heavy atom. The minimum absolute atomic E-state index is 0.0495. The number of carbonyl (C=O) groups is 2. The summed E-state index contributed by atoms with van der Waals surface area (Å²) in [6.07, 6.45) is 2.26. The first-order chi connectivity index (χ1) is 16.0. The summed E-state index contributed by atoms with van der Waals surface area (Å²) in [5, 5.41) is 2.98. The lowest BCUT2D eigenvalue weighted by atomic mass is 9.93. The van der Waals surface area contributed by atoms with E-state index < -0.39 is 17.5 Å². The van der Waals surface area contributed by atoms with Gasteiger partial charge < -0.3 is 19.8 Å². The first-order valence-corrected chi connectivity index (χ1v) is 10.9. The highest BCUT2D eigenvalue weighted by Gasteiger charge is 2.24. The fourth-order valence-electron chi connectivity index (χ4n) is 4.07. The lowest BCUT2D eigenvalue weighted by molar-refractivity contribution is 0.0935. The Bertz CT molecular complexity index is 1210. The van der Waals surface area contributed by atoms with E-state index in [1.165, 1.54) is 6.07 Å². The number of ether oxygens (including phenoxy) is 2. The van der Waals surface area contributed by atoms with Gasteiger partial charge in [-0.15, -0.1) is 0 Å². The van der Waals surface area contributed by atoms with Crippen LogP contribution in [0.1, 0.15) is 56.4 Å². The maximum atomic E-state index is 13.2.